The molecule has 0 fully saturated rings. The zero-order chi connectivity index (χ0) is 9.84. The van der Waals surface area contributed by atoms with Crippen LogP contribution in [0, 0.1) is 0 Å². The second kappa shape index (κ2) is 3.65. The van der Waals surface area contributed by atoms with Crippen molar-refractivity contribution in [2.75, 3.05) is 6.61 Å². The number of nitrogens with zero attached hydrogens (tertiary/aromatic N) is 2. The molecular formula is C6H7N3O4. The van der Waals surface area contributed by atoms with Gasteiger partial charge in [0.05, 0.1) is 6.61 Å². The van der Waals surface area contributed by atoms with Gasteiger partial charge in [-0.05, 0) is 6.92 Å². The number of nitrogens with two attached hydrogens (primary N) is 1. The van der Waals surface area contributed by atoms with E-state index in [0.29, 0.717) is 0 Å². The van der Waals surface area contributed by atoms with Gasteiger partial charge in [-0.2, -0.15) is 0 Å². The number of carbonyl (C=O) groups is 2. The van der Waals surface area contributed by atoms with Gasteiger partial charge < -0.3 is 14.9 Å². The number of hydrogen-bond acceptors (Lipinski definition) is 6. The molecule has 7 nitrogen and oxygen atoms in total. The standard InChI is InChI=1S/C6H7N3O4/c1-2-12-6(11)5-9-8-4(13-5)3(7)10/h2H2,1H3,(H2,7,10). The summed E-state index contributed by atoms with van der Waals surface area (Å²) in [4.78, 5) is 21.4. The van der Waals surface area contributed by atoms with E-state index in [4.69, 9.17) is 5.73 Å². The van der Waals surface area contributed by atoms with Crippen LogP contribution in [0.4, 0.5) is 0 Å². The molecule has 1 amide bonds. The Kier molecular flexibility index (Phi) is 2.58. The second-order valence-electron chi connectivity index (χ2n) is 2.00. The molecule has 70 valence electrons. The van der Waals surface area contributed by atoms with Crippen LogP contribution in [-0.4, -0.2) is 28.7 Å². The van der Waals surface area contributed by atoms with Gasteiger partial charge in [-0.25, -0.2) is 4.79 Å². The molecule has 1 aromatic heterocycles. The lowest BCUT2D eigenvalue weighted by atomic mass is 10.6. The van der Waals surface area contributed by atoms with Gasteiger partial charge in [0.15, 0.2) is 0 Å². The molecule has 7 heteroatoms. The Hall–Kier alpha value is -1.92. The van der Waals surface area contributed by atoms with E-state index in [2.05, 4.69) is 19.4 Å². The number of aromatic nitrogens is 2. The molecule has 0 spiro atoms. The Morgan fingerprint density at radius 3 is 2.54 bits per heavy atom. The predicted molar refractivity (Wildman–Crippen MR) is 38.8 cm³/mol. The Morgan fingerprint density at radius 1 is 1.46 bits per heavy atom. The number of rotatable bonds is 3. The van der Waals surface area contributed by atoms with E-state index < -0.39 is 17.8 Å². The summed E-state index contributed by atoms with van der Waals surface area (Å²) in [6.45, 7) is 1.82. The zero-order valence-electron chi connectivity index (χ0n) is 6.81. The average molecular weight is 185 g/mol. The highest BCUT2D eigenvalue weighted by atomic mass is 16.5. The first-order valence-corrected chi connectivity index (χ1v) is 3.45. The van der Waals surface area contributed by atoms with Gasteiger partial charge in [-0.3, -0.25) is 4.79 Å². The van der Waals surface area contributed by atoms with Crippen LogP contribution < -0.4 is 5.73 Å². The molecule has 1 aromatic rings. The lowest BCUT2D eigenvalue weighted by Crippen LogP contribution is -2.11. The first-order valence-electron chi connectivity index (χ1n) is 3.45. The highest BCUT2D eigenvalue weighted by Gasteiger charge is 2.17. The molecule has 0 saturated carbocycles. The van der Waals surface area contributed by atoms with Crippen LogP contribution in [0.1, 0.15) is 28.3 Å². The van der Waals surface area contributed by atoms with Crippen molar-refractivity contribution >= 4 is 11.9 Å². The fourth-order valence-electron chi connectivity index (χ4n) is 0.598. The smallest absolute Gasteiger partial charge is 0.396 e. The van der Waals surface area contributed by atoms with Gasteiger partial charge >= 0.3 is 23.7 Å². The van der Waals surface area contributed by atoms with Crippen molar-refractivity contribution < 1.29 is 18.7 Å². The number of amides is 1. The minimum Gasteiger partial charge on any atom is -0.459 e. The van der Waals surface area contributed by atoms with Crippen LogP contribution in [0.2, 0.25) is 0 Å². The minimum atomic E-state index is -0.886. The Bertz CT molecular complexity index is 332. The molecule has 0 radical (unpaired) electrons. The summed E-state index contributed by atoms with van der Waals surface area (Å²) in [7, 11) is 0. The molecule has 2 N–H and O–H groups in total. The highest BCUT2D eigenvalue weighted by molar-refractivity contribution is 5.89. The van der Waals surface area contributed by atoms with Crippen molar-refractivity contribution in [3.05, 3.63) is 11.8 Å². The van der Waals surface area contributed by atoms with Crippen molar-refractivity contribution in [1.82, 2.24) is 10.2 Å². The summed E-state index contributed by atoms with van der Waals surface area (Å²) in [5.41, 5.74) is 4.81. The van der Waals surface area contributed by atoms with Crippen LogP contribution in [-0.2, 0) is 4.74 Å². The van der Waals surface area contributed by atoms with Crippen molar-refractivity contribution in [2.24, 2.45) is 5.73 Å². The SMILES string of the molecule is CCOC(=O)c1nnc(C(N)=O)o1. The van der Waals surface area contributed by atoms with Crippen molar-refractivity contribution in [2.45, 2.75) is 6.92 Å². The van der Waals surface area contributed by atoms with Gasteiger partial charge in [-0.15, -0.1) is 10.2 Å². The summed E-state index contributed by atoms with van der Waals surface area (Å²) in [5, 5.41) is 6.49. The summed E-state index contributed by atoms with van der Waals surface area (Å²) >= 11 is 0. The average Bonchev–Trinajstić information content (AvgIpc) is 2.52. The van der Waals surface area contributed by atoms with Crippen molar-refractivity contribution in [3.8, 4) is 0 Å². The summed E-state index contributed by atoms with van der Waals surface area (Å²) in [6, 6.07) is 0. The fourth-order valence-corrected chi connectivity index (χ4v) is 0.598. The van der Waals surface area contributed by atoms with Crippen LogP contribution in [0.25, 0.3) is 0 Å². The topological polar surface area (TPSA) is 108 Å². The maximum absolute atomic E-state index is 10.9. The number of carbonyl (C=O) groups excluding carboxylic acids is 2. The maximum Gasteiger partial charge on any atom is 0.396 e. The first kappa shape index (κ1) is 9.17. The van der Waals surface area contributed by atoms with E-state index >= 15 is 0 Å². The van der Waals surface area contributed by atoms with Gasteiger partial charge in [0.1, 0.15) is 0 Å². The van der Waals surface area contributed by atoms with E-state index in [1.165, 1.54) is 0 Å². The largest absolute Gasteiger partial charge is 0.459 e. The van der Waals surface area contributed by atoms with Crippen LogP contribution in [0.5, 0.6) is 0 Å². The third kappa shape index (κ3) is 2.01. The zero-order valence-corrected chi connectivity index (χ0v) is 6.81. The maximum atomic E-state index is 10.9. The molecule has 1 rings (SSSR count). The van der Waals surface area contributed by atoms with Crippen LogP contribution in [0.15, 0.2) is 4.42 Å². The van der Waals surface area contributed by atoms with Crippen molar-refractivity contribution in [3.63, 3.8) is 0 Å². The Morgan fingerprint density at radius 2 is 2.08 bits per heavy atom. The molecule has 0 aliphatic heterocycles. The van der Waals surface area contributed by atoms with E-state index in [0.717, 1.165) is 0 Å². The van der Waals surface area contributed by atoms with Gasteiger partial charge in [0, 0.05) is 0 Å². The lowest BCUT2D eigenvalue weighted by Gasteiger charge is -1.93. The minimum absolute atomic E-state index is 0.188. The van der Waals surface area contributed by atoms with Crippen molar-refractivity contribution in [1.29, 1.82) is 0 Å². The fraction of sp³-hybridized carbons (Fsp3) is 0.333. The lowest BCUT2D eigenvalue weighted by molar-refractivity contribution is 0.0479. The first-order chi connectivity index (χ1) is 6.15. The molecule has 13 heavy (non-hydrogen) atoms. The summed E-state index contributed by atoms with van der Waals surface area (Å²) < 4.78 is 9.12. The molecule has 0 bridgehead atoms. The molecule has 0 unspecified atom stereocenters. The van der Waals surface area contributed by atoms with E-state index in [1.807, 2.05) is 0 Å². The predicted octanol–water partition coefficient (Wildman–Crippen LogP) is -0.655. The van der Waals surface area contributed by atoms with Crippen LogP contribution >= 0.6 is 0 Å². The monoisotopic (exact) mass is 185 g/mol. The normalized spacial score (nSPS) is 9.62. The highest BCUT2D eigenvalue weighted by Crippen LogP contribution is 2.00. The van der Waals surface area contributed by atoms with Crippen LogP contribution in [0.3, 0.4) is 0 Å². The number of primary amides is 1. The molecule has 1 heterocycles. The number of hydrogen-bond donors (Lipinski definition) is 1. The second-order valence-corrected chi connectivity index (χ2v) is 2.00. The molecule has 0 aliphatic carbocycles. The number of ether oxygens (including phenoxy) is 1. The molecule has 0 saturated heterocycles. The Labute approximate surface area is 72.9 Å². The molecule has 0 aromatic carbocycles. The quantitative estimate of drug-likeness (QED) is 0.626. The molecular weight excluding hydrogens is 178 g/mol. The molecule has 0 atom stereocenters. The molecule has 0 aliphatic rings. The van der Waals surface area contributed by atoms with Gasteiger partial charge in [0.2, 0.25) is 0 Å². The van der Waals surface area contributed by atoms with Gasteiger partial charge in [-0.1, -0.05) is 0 Å². The summed E-state index contributed by atoms with van der Waals surface area (Å²) in [5.74, 6) is -2.45. The third-order valence-electron chi connectivity index (χ3n) is 1.09. The van der Waals surface area contributed by atoms with Gasteiger partial charge in [0.25, 0.3) is 0 Å². The van der Waals surface area contributed by atoms with E-state index in [9.17, 15) is 9.59 Å². The van der Waals surface area contributed by atoms with E-state index in [1.54, 1.807) is 6.92 Å². The number of esters is 1. The Balaban J connectivity index is 2.79. The summed E-state index contributed by atoms with van der Waals surface area (Å²) in [6.07, 6.45) is 0. The third-order valence-corrected chi connectivity index (χ3v) is 1.09. The van der Waals surface area contributed by atoms with E-state index in [-0.39, 0.29) is 12.5 Å².